The van der Waals surface area contributed by atoms with E-state index >= 15 is 0 Å². The summed E-state index contributed by atoms with van der Waals surface area (Å²) in [7, 11) is 0. The second kappa shape index (κ2) is 10.0. The number of hydrogen-bond acceptors (Lipinski definition) is 9. The van der Waals surface area contributed by atoms with E-state index in [1.165, 1.54) is 6.33 Å². The van der Waals surface area contributed by atoms with Gasteiger partial charge >= 0.3 is 185 Å². The second-order valence-corrected chi connectivity index (χ2v) is 10.0. The van der Waals surface area contributed by atoms with E-state index in [1.807, 2.05) is 30.3 Å². The number of hydrogen-bond donors (Lipinski definition) is 5. The average Bonchev–Trinajstić information content (AvgIpc) is 3.40. The van der Waals surface area contributed by atoms with Crippen LogP contribution in [-0.4, -0.2) is 93.0 Å². The van der Waals surface area contributed by atoms with Gasteiger partial charge in [-0.05, 0) is 0 Å². The number of ether oxygens (including phenoxy) is 1. The molecule has 3 heterocycles. The Balaban J connectivity index is 1.51. The molecule has 2 unspecified atom stereocenters. The molecule has 2 aromatic heterocycles. The van der Waals surface area contributed by atoms with E-state index in [9.17, 15) is 20.4 Å². The van der Waals surface area contributed by atoms with Gasteiger partial charge in [0.05, 0.1) is 0 Å². The van der Waals surface area contributed by atoms with Crippen LogP contribution in [0.2, 0.25) is 4.82 Å². The van der Waals surface area contributed by atoms with Crippen molar-refractivity contribution in [3.8, 4) is 0 Å². The summed E-state index contributed by atoms with van der Waals surface area (Å²) in [6, 6.07) is 9.88. The molecule has 10 nitrogen and oxygen atoms in total. The standard InChI is InChI=1S/C20H25N5O5Se/c26-8-14(29)16(31-12-4-2-1-3-5-12)7-21-19-18-20(23-10-22-19)25(11-24-18)17-6-13(28)15(9-27)30-17/h1-5,10-11,13-17,26-29H,6-9H2,(H,21,22,23)/t13-,14?,15+,16?,17+/m0/s1. The van der Waals surface area contributed by atoms with E-state index in [0.717, 1.165) is 4.46 Å². The Morgan fingerprint density at radius 1 is 1.19 bits per heavy atom. The summed E-state index contributed by atoms with van der Waals surface area (Å²) in [6.45, 7) is -0.174. The predicted molar refractivity (Wildman–Crippen MR) is 114 cm³/mol. The van der Waals surface area contributed by atoms with Crippen molar-refractivity contribution in [1.82, 2.24) is 19.5 Å². The fourth-order valence-electron chi connectivity index (χ4n) is 3.49. The van der Waals surface area contributed by atoms with Gasteiger partial charge in [-0.25, -0.2) is 0 Å². The van der Waals surface area contributed by atoms with E-state index in [2.05, 4.69) is 20.3 Å². The van der Waals surface area contributed by atoms with Crippen LogP contribution in [0.25, 0.3) is 11.2 Å². The van der Waals surface area contributed by atoms with Gasteiger partial charge in [0.2, 0.25) is 0 Å². The third-order valence-corrected chi connectivity index (χ3v) is 7.96. The number of fused-ring (bicyclic) bond motifs is 1. The van der Waals surface area contributed by atoms with Gasteiger partial charge in [-0.3, -0.25) is 0 Å². The molecule has 0 aliphatic carbocycles. The number of imidazole rings is 1. The normalized spacial score (nSPS) is 23.2. The number of aromatic nitrogens is 4. The average molecular weight is 494 g/mol. The summed E-state index contributed by atoms with van der Waals surface area (Å²) >= 11 is -0.0605. The molecule has 0 radical (unpaired) electrons. The zero-order valence-electron chi connectivity index (χ0n) is 16.7. The Morgan fingerprint density at radius 3 is 2.71 bits per heavy atom. The van der Waals surface area contributed by atoms with Crippen LogP contribution >= 0.6 is 0 Å². The number of aliphatic hydroxyl groups excluding tert-OH is 4. The van der Waals surface area contributed by atoms with Gasteiger partial charge in [0.25, 0.3) is 0 Å². The van der Waals surface area contributed by atoms with Crippen LogP contribution in [0.5, 0.6) is 0 Å². The van der Waals surface area contributed by atoms with E-state index in [4.69, 9.17) is 4.74 Å². The van der Waals surface area contributed by atoms with Gasteiger partial charge in [0.15, 0.2) is 0 Å². The van der Waals surface area contributed by atoms with Crippen LogP contribution < -0.4 is 9.78 Å². The van der Waals surface area contributed by atoms with Gasteiger partial charge < -0.3 is 0 Å². The van der Waals surface area contributed by atoms with Gasteiger partial charge in [0.1, 0.15) is 0 Å². The van der Waals surface area contributed by atoms with Crippen molar-refractivity contribution in [3.05, 3.63) is 43.0 Å². The third-order valence-electron chi connectivity index (χ3n) is 5.17. The molecule has 1 aromatic carbocycles. The number of benzene rings is 1. The van der Waals surface area contributed by atoms with Crippen molar-refractivity contribution in [2.24, 2.45) is 0 Å². The summed E-state index contributed by atoms with van der Waals surface area (Å²) in [5, 5.41) is 42.4. The molecule has 1 aliphatic rings. The molecule has 0 spiro atoms. The van der Waals surface area contributed by atoms with E-state index in [0.29, 0.717) is 29.9 Å². The van der Waals surface area contributed by atoms with Crippen LogP contribution in [0.15, 0.2) is 43.0 Å². The summed E-state index contributed by atoms with van der Waals surface area (Å²) in [4.78, 5) is 12.8. The number of nitrogens with zero attached hydrogens (tertiary/aromatic N) is 4. The van der Waals surface area contributed by atoms with Crippen molar-refractivity contribution in [2.45, 2.75) is 35.8 Å². The maximum atomic E-state index is 10.3. The van der Waals surface area contributed by atoms with Crippen LogP contribution in [0.4, 0.5) is 5.82 Å². The predicted octanol–water partition coefficient (Wildman–Crippen LogP) is -0.950. The first-order valence-electron chi connectivity index (χ1n) is 9.97. The zero-order chi connectivity index (χ0) is 21.8. The molecule has 1 aliphatic heterocycles. The van der Waals surface area contributed by atoms with Crippen molar-refractivity contribution in [1.29, 1.82) is 0 Å². The van der Waals surface area contributed by atoms with Crippen molar-refractivity contribution >= 4 is 36.4 Å². The molecule has 1 fully saturated rings. The first-order valence-corrected chi connectivity index (χ1v) is 11.8. The summed E-state index contributed by atoms with van der Waals surface area (Å²) in [5.74, 6) is 0.514. The molecule has 5 N–H and O–H groups in total. The first kappa shape index (κ1) is 22.1. The molecular weight excluding hydrogens is 469 g/mol. The SMILES string of the molecule is OCC(O)C(CNc1ncnc2c1ncn2[C@H]1C[C@H](O)[C@@H](CO)O1)[Se]c1ccccc1. The molecule has 1 saturated heterocycles. The number of nitrogens with one attached hydrogen (secondary N) is 1. The fourth-order valence-corrected chi connectivity index (χ4v) is 5.74. The Hall–Kier alpha value is -2.11. The molecular formula is C20H25N5O5Se. The fraction of sp³-hybridized carbons (Fsp3) is 0.450. The molecule has 5 atom stereocenters. The summed E-state index contributed by atoms with van der Waals surface area (Å²) in [6.07, 6.45) is 0.591. The van der Waals surface area contributed by atoms with Crippen molar-refractivity contribution in [3.63, 3.8) is 0 Å². The molecule has 0 amide bonds. The van der Waals surface area contributed by atoms with E-state index < -0.39 is 24.5 Å². The van der Waals surface area contributed by atoms with Crippen LogP contribution in [-0.2, 0) is 4.74 Å². The topological polar surface area (TPSA) is 146 Å². The van der Waals surface area contributed by atoms with Crippen molar-refractivity contribution < 1.29 is 25.2 Å². The second-order valence-electron chi connectivity index (χ2n) is 7.26. The summed E-state index contributed by atoms with van der Waals surface area (Å²) in [5.41, 5.74) is 1.08. The molecule has 0 saturated carbocycles. The van der Waals surface area contributed by atoms with E-state index in [1.54, 1.807) is 10.9 Å². The maximum absolute atomic E-state index is 10.3. The Labute approximate surface area is 185 Å². The number of aliphatic hydroxyl groups is 4. The number of anilines is 1. The zero-order valence-corrected chi connectivity index (χ0v) is 18.4. The van der Waals surface area contributed by atoms with Crippen LogP contribution in [0.1, 0.15) is 12.6 Å². The van der Waals surface area contributed by atoms with Crippen LogP contribution in [0, 0.1) is 0 Å². The Kier molecular flexibility index (Phi) is 7.13. The molecule has 4 rings (SSSR count). The molecule has 166 valence electrons. The van der Waals surface area contributed by atoms with Gasteiger partial charge in [-0.2, -0.15) is 0 Å². The minimum absolute atomic E-state index is 0.0605. The van der Waals surface area contributed by atoms with Crippen molar-refractivity contribution in [2.75, 3.05) is 25.1 Å². The first-order chi connectivity index (χ1) is 15.1. The van der Waals surface area contributed by atoms with E-state index in [-0.39, 0.29) is 33.0 Å². The Bertz CT molecular complexity index is 991. The Morgan fingerprint density at radius 2 is 2.00 bits per heavy atom. The van der Waals surface area contributed by atoms with Crippen LogP contribution in [0.3, 0.4) is 0 Å². The van der Waals surface area contributed by atoms with Gasteiger partial charge in [0, 0.05) is 0 Å². The third kappa shape index (κ3) is 4.88. The van der Waals surface area contributed by atoms with Gasteiger partial charge in [-0.15, -0.1) is 0 Å². The molecule has 0 bridgehead atoms. The molecule has 31 heavy (non-hydrogen) atoms. The quantitative estimate of drug-likeness (QED) is 0.238. The molecule has 3 aromatic rings. The molecule has 11 heteroatoms. The van der Waals surface area contributed by atoms with Gasteiger partial charge in [-0.1, -0.05) is 0 Å². The number of rotatable bonds is 9. The summed E-state index contributed by atoms with van der Waals surface area (Å²) < 4.78 is 8.55. The minimum atomic E-state index is -0.855. The monoisotopic (exact) mass is 495 g/mol.